The summed E-state index contributed by atoms with van der Waals surface area (Å²) in [7, 11) is 1.97. The van der Waals surface area contributed by atoms with Gasteiger partial charge in [-0.05, 0) is 32.1 Å². The smallest absolute Gasteiger partial charge is 0.221 e. The van der Waals surface area contributed by atoms with Gasteiger partial charge in [0.05, 0.1) is 12.2 Å². The molecule has 1 aromatic heterocycles. The van der Waals surface area contributed by atoms with E-state index in [0.29, 0.717) is 12.5 Å². The number of hydrogen-bond acceptors (Lipinski definition) is 3. The van der Waals surface area contributed by atoms with Crippen LogP contribution in [-0.4, -0.2) is 28.3 Å². The quantitative estimate of drug-likeness (QED) is 0.834. The molecule has 0 aliphatic heterocycles. The molecule has 104 valence electrons. The Morgan fingerprint density at radius 1 is 1.47 bits per heavy atom. The fourth-order valence-electron chi connectivity index (χ4n) is 2.80. The number of carbonyl (C=O) groups excluding carboxylic acids is 1. The van der Waals surface area contributed by atoms with E-state index < -0.39 is 0 Å². The second-order valence-electron chi connectivity index (χ2n) is 5.66. The van der Waals surface area contributed by atoms with E-state index in [1.54, 1.807) is 0 Å². The van der Waals surface area contributed by atoms with Crippen molar-refractivity contribution >= 4 is 5.91 Å². The molecule has 2 N–H and O–H groups in total. The van der Waals surface area contributed by atoms with Crippen molar-refractivity contribution in [3.05, 3.63) is 17.5 Å². The maximum Gasteiger partial charge on any atom is 0.221 e. The van der Waals surface area contributed by atoms with Crippen LogP contribution in [0.3, 0.4) is 0 Å². The number of nitrogens with zero attached hydrogens (tertiary/aromatic N) is 2. The molecular formula is C14H22N4O. The molecule has 1 unspecified atom stereocenters. The number of aryl methyl sites for hydroxylation is 1. The molecule has 1 aromatic rings. The first-order valence-electron chi connectivity index (χ1n) is 7.27. The molecule has 2 aliphatic rings. The standard InChI is InChI=1S/C14H22N4O/c1-18-13-4-2-3-12(11(13)9-16-18)17-14(19)7-8-15-10-5-6-10/h9-10,12,15H,2-8H2,1H3,(H,17,19). The summed E-state index contributed by atoms with van der Waals surface area (Å²) in [5.41, 5.74) is 2.48. The van der Waals surface area contributed by atoms with Crippen LogP contribution >= 0.6 is 0 Å². The highest BCUT2D eigenvalue weighted by Crippen LogP contribution is 2.29. The molecule has 5 nitrogen and oxygen atoms in total. The van der Waals surface area contributed by atoms with Gasteiger partial charge in [-0.15, -0.1) is 0 Å². The molecule has 1 saturated carbocycles. The summed E-state index contributed by atoms with van der Waals surface area (Å²) in [5, 5.41) is 10.8. The summed E-state index contributed by atoms with van der Waals surface area (Å²) in [6.45, 7) is 0.795. The summed E-state index contributed by atoms with van der Waals surface area (Å²) in [6, 6.07) is 0.832. The van der Waals surface area contributed by atoms with E-state index in [9.17, 15) is 4.79 Å². The Balaban J connectivity index is 1.53. The summed E-state index contributed by atoms with van der Waals surface area (Å²) in [4.78, 5) is 12.0. The molecule has 19 heavy (non-hydrogen) atoms. The number of fused-ring (bicyclic) bond motifs is 1. The Labute approximate surface area is 113 Å². The van der Waals surface area contributed by atoms with E-state index in [4.69, 9.17) is 0 Å². The highest BCUT2D eigenvalue weighted by molar-refractivity contribution is 5.76. The van der Waals surface area contributed by atoms with Crippen LogP contribution in [0.1, 0.15) is 49.4 Å². The van der Waals surface area contributed by atoms with Gasteiger partial charge in [0.25, 0.3) is 0 Å². The number of rotatable bonds is 5. The Bertz CT molecular complexity index is 464. The number of amides is 1. The lowest BCUT2D eigenvalue weighted by atomic mass is 9.93. The zero-order valence-corrected chi connectivity index (χ0v) is 11.5. The first-order valence-corrected chi connectivity index (χ1v) is 7.27. The normalized spacial score (nSPS) is 22.1. The molecule has 1 atom stereocenters. The molecular weight excluding hydrogens is 240 g/mol. The SMILES string of the molecule is Cn1ncc2c1CCCC2NC(=O)CCNC1CC1. The van der Waals surface area contributed by atoms with Gasteiger partial charge in [-0.3, -0.25) is 9.48 Å². The van der Waals surface area contributed by atoms with Crippen molar-refractivity contribution in [2.45, 2.75) is 50.6 Å². The fraction of sp³-hybridized carbons (Fsp3) is 0.714. The molecule has 0 radical (unpaired) electrons. The number of aromatic nitrogens is 2. The highest BCUT2D eigenvalue weighted by Gasteiger charge is 2.25. The van der Waals surface area contributed by atoms with E-state index in [1.807, 2.05) is 17.9 Å². The van der Waals surface area contributed by atoms with Crippen molar-refractivity contribution in [2.24, 2.45) is 7.05 Å². The van der Waals surface area contributed by atoms with Gasteiger partial charge < -0.3 is 10.6 Å². The van der Waals surface area contributed by atoms with Crippen molar-refractivity contribution in [3.8, 4) is 0 Å². The predicted molar refractivity (Wildman–Crippen MR) is 72.7 cm³/mol. The molecule has 5 heteroatoms. The number of nitrogens with one attached hydrogen (secondary N) is 2. The summed E-state index contributed by atoms with van der Waals surface area (Å²) in [6.07, 6.45) is 8.23. The van der Waals surface area contributed by atoms with Crippen molar-refractivity contribution in [2.75, 3.05) is 6.54 Å². The van der Waals surface area contributed by atoms with E-state index in [2.05, 4.69) is 15.7 Å². The third-order valence-corrected chi connectivity index (χ3v) is 4.07. The minimum absolute atomic E-state index is 0.148. The van der Waals surface area contributed by atoms with Crippen LogP contribution in [0.15, 0.2) is 6.20 Å². The Hall–Kier alpha value is -1.36. The van der Waals surface area contributed by atoms with Crippen LogP contribution in [0.25, 0.3) is 0 Å². The van der Waals surface area contributed by atoms with Crippen molar-refractivity contribution in [1.82, 2.24) is 20.4 Å². The van der Waals surface area contributed by atoms with Gasteiger partial charge in [0.15, 0.2) is 0 Å². The maximum absolute atomic E-state index is 12.0. The maximum atomic E-state index is 12.0. The van der Waals surface area contributed by atoms with Crippen LogP contribution < -0.4 is 10.6 Å². The van der Waals surface area contributed by atoms with Gasteiger partial charge in [0.1, 0.15) is 0 Å². The van der Waals surface area contributed by atoms with E-state index >= 15 is 0 Å². The topological polar surface area (TPSA) is 59.0 Å². The lowest BCUT2D eigenvalue weighted by Gasteiger charge is -2.23. The lowest BCUT2D eigenvalue weighted by Crippen LogP contribution is -2.33. The largest absolute Gasteiger partial charge is 0.349 e. The van der Waals surface area contributed by atoms with Gasteiger partial charge in [-0.25, -0.2) is 0 Å². The average Bonchev–Trinajstić information content (AvgIpc) is 3.14. The van der Waals surface area contributed by atoms with E-state index in [-0.39, 0.29) is 11.9 Å². The Morgan fingerprint density at radius 3 is 3.11 bits per heavy atom. The molecule has 0 spiro atoms. The van der Waals surface area contributed by atoms with Crippen LogP contribution in [0.4, 0.5) is 0 Å². The highest BCUT2D eigenvalue weighted by atomic mass is 16.1. The minimum atomic E-state index is 0.148. The molecule has 0 saturated heterocycles. The monoisotopic (exact) mass is 262 g/mol. The van der Waals surface area contributed by atoms with Crippen molar-refractivity contribution in [1.29, 1.82) is 0 Å². The fourth-order valence-corrected chi connectivity index (χ4v) is 2.80. The zero-order valence-electron chi connectivity index (χ0n) is 11.5. The first-order chi connectivity index (χ1) is 9.24. The Morgan fingerprint density at radius 2 is 2.32 bits per heavy atom. The van der Waals surface area contributed by atoms with Crippen LogP contribution in [-0.2, 0) is 18.3 Å². The van der Waals surface area contributed by atoms with Crippen LogP contribution in [0, 0.1) is 0 Å². The summed E-state index contributed by atoms with van der Waals surface area (Å²) >= 11 is 0. The van der Waals surface area contributed by atoms with Crippen molar-refractivity contribution < 1.29 is 4.79 Å². The van der Waals surface area contributed by atoms with Crippen LogP contribution in [0.5, 0.6) is 0 Å². The minimum Gasteiger partial charge on any atom is -0.349 e. The molecule has 3 rings (SSSR count). The van der Waals surface area contributed by atoms with Gasteiger partial charge in [-0.2, -0.15) is 5.10 Å². The van der Waals surface area contributed by atoms with Crippen molar-refractivity contribution in [3.63, 3.8) is 0 Å². The summed E-state index contributed by atoms with van der Waals surface area (Å²) < 4.78 is 1.93. The van der Waals surface area contributed by atoms with Crippen LogP contribution in [0.2, 0.25) is 0 Å². The third-order valence-electron chi connectivity index (χ3n) is 4.07. The lowest BCUT2D eigenvalue weighted by molar-refractivity contribution is -0.121. The number of carbonyl (C=O) groups is 1. The van der Waals surface area contributed by atoms with Gasteiger partial charge >= 0.3 is 0 Å². The summed E-state index contributed by atoms with van der Waals surface area (Å²) in [5.74, 6) is 0.148. The third kappa shape index (κ3) is 2.97. The average molecular weight is 262 g/mol. The molecule has 1 heterocycles. The first kappa shape index (κ1) is 12.7. The molecule has 1 amide bonds. The van der Waals surface area contributed by atoms with Gasteiger partial charge in [-0.1, -0.05) is 0 Å². The molecule has 0 aromatic carbocycles. The van der Waals surface area contributed by atoms with E-state index in [1.165, 1.54) is 24.1 Å². The predicted octanol–water partition coefficient (Wildman–Crippen LogP) is 1.06. The van der Waals surface area contributed by atoms with Gasteiger partial charge in [0.2, 0.25) is 5.91 Å². The zero-order chi connectivity index (χ0) is 13.2. The molecule has 1 fully saturated rings. The number of hydrogen-bond donors (Lipinski definition) is 2. The second-order valence-corrected chi connectivity index (χ2v) is 5.66. The Kier molecular flexibility index (Phi) is 3.55. The van der Waals surface area contributed by atoms with E-state index in [0.717, 1.165) is 25.8 Å². The molecule has 2 aliphatic carbocycles. The molecule has 0 bridgehead atoms. The second kappa shape index (κ2) is 5.33. The van der Waals surface area contributed by atoms with Gasteiger partial charge in [0, 0.05) is 37.3 Å².